The molecule has 6 rings (SSSR count). The maximum absolute atomic E-state index is 10.7. The molecule has 61 heavy (non-hydrogen) atoms. The molecule has 2 aliphatic rings. The minimum Gasteiger partial charge on any atom is -0.375 e. The smallest absolute Gasteiger partial charge is 0.375 e. The highest BCUT2D eigenvalue weighted by Gasteiger charge is 2.26. The van der Waals surface area contributed by atoms with Crippen LogP contribution in [0.4, 0.5) is 5.13 Å². The molecule has 0 saturated carbocycles. The molecule has 8 N–H and O–H groups in total. The molecule has 0 aliphatic carbocycles. The van der Waals surface area contributed by atoms with Gasteiger partial charge in [-0.25, -0.2) is 24.5 Å². The number of thiazole rings is 2. The molecule has 0 saturated heterocycles. The Kier molecular flexibility index (Phi) is 21.3. The number of nitrogens with zero attached hydrogens (tertiary/aromatic N) is 5. The number of anilines is 1. The lowest BCUT2D eigenvalue weighted by Crippen LogP contribution is -2.34. The first-order valence-electron chi connectivity index (χ1n) is 18.9. The van der Waals surface area contributed by atoms with Gasteiger partial charge in [-0.1, -0.05) is 149 Å². The molecule has 4 aromatic heterocycles. The van der Waals surface area contributed by atoms with Crippen molar-refractivity contribution in [1.29, 1.82) is 0 Å². The van der Waals surface area contributed by atoms with E-state index in [-0.39, 0.29) is 50.7 Å². The number of hydrogen-bond acceptors (Lipinski definition) is 15. The number of aromatic amines is 4. The van der Waals surface area contributed by atoms with E-state index >= 15 is 0 Å². The van der Waals surface area contributed by atoms with E-state index in [4.69, 9.17) is 18.0 Å². The number of H-pyrrole nitrogens is 4. The van der Waals surface area contributed by atoms with Crippen LogP contribution >= 0.6 is 34.9 Å². The summed E-state index contributed by atoms with van der Waals surface area (Å²) in [6.45, 7) is 36.9. The van der Waals surface area contributed by atoms with E-state index in [9.17, 15) is 18.6 Å². The summed E-state index contributed by atoms with van der Waals surface area (Å²) in [5.74, 6) is 2.42. The molecule has 0 radical (unpaired) electrons. The second-order valence-corrected chi connectivity index (χ2v) is 22.5. The number of carbonyl (C=O) groups excluding carboxylic acids is 1. The second-order valence-electron chi connectivity index (χ2n) is 19.6. The number of hydroxylamine groups is 1. The molecule has 2 aliphatic heterocycles. The van der Waals surface area contributed by atoms with Crippen LogP contribution in [-0.2, 0) is 42.0 Å². The summed E-state index contributed by atoms with van der Waals surface area (Å²) < 4.78 is 23.6. The van der Waals surface area contributed by atoms with Gasteiger partial charge in [0.25, 0.3) is 0 Å². The van der Waals surface area contributed by atoms with Crippen molar-refractivity contribution in [2.75, 3.05) is 12.3 Å². The summed E-state index contributed by atoms with van der Waals surface area (Å²) in [6.07, 6.45) is 0. The lowest BCUT2D eigenvalue weighted by molar-refractivity contribution is -0.117. The Morgan fingerprint density at radius 2 is 1.26 bits per heavy atom. The predicted octanol–water partition coefficient (Wildman–Crippen LogP) is 7.92. The van der Waals surface area contributed by atoms with Crippen LogP contribution in [-0.4, -0.2) is 63.6 Å². The van der Waals surface area contributed by atoms with Gasteiger partial charge in [-0.2, -0.15) is 4.28 Å². The topological polar surface area (TPSA) is 267 Å². The van der Waals surface area contributed by atoms with Crippen molar-refractivity contribution in [3.8, 4) is 0 Å². The van der Waals surface area contributed by atoms with Crippen molar-refractivity contribution in [3.05, 3.63) is 58.8 Å². The summed E-state index contributed by atoms with van der Waals surface area (Å²) in [6, 6.07) is 0. The van der Waals surface area contributed by atoms with Crippen molar-refractivity contribution < 1.29 is 17.8 Å². The van der Waals surface area contributed by atoms with Crippen LogP contribution in [0.2, 0.25) is 0 Å². The van der Waals surface area contributed by atoms with Gasteiger partial charge in [0.1, 0.15) is 24.0 Å². The van der Waals surface area contributed by atoms with Gasteiger partial charge in [-0.3, -0.25) is 34.3 Å². The molecular formula is C39H70N12O6S4. The number of amidine groups is 2. The Balaban J connectivity index is 0.000000706. The molecule has 0 fully saturated rings. The Morgan fingerprint density at radius 3 is 1.46 bits per heavy atom. The summed E-state index contributed by atoms with van der Waals surface area (Å²) in [5, 5.41) is 16.5. The number of nitrogens with one attached hydrogen (secondary N) is 6. The van der Waals surface area contributed by atoms with E-state index in [1.54, 1.807) is 0 Å². The quantitative estimate of drug-likeness (QED) is 0.0829. The molecular weight excluding hydrogens is 861 g/mol. The van der Waals surface area contributed by atoms with Crippen LogP contribution < -0.4 is 27.2 Å². The van der Waals surface area contributed by atoms with E-state index in [1.807, 2.05) is 73.1 Å². The summed E-state index contributed by atoms with van der Waals surface area (Å²) in [7, 11) is 0. The summed E-state index contributed by atoms with van der Waals surface area (Å²) in [5.41, 5.74) is 10.0. The van der Waals surface area contributed by atoms with Crippen LogP contribution in [0.15, 0.2) is 34.3 Å². The lowest BCUT2D eigenvalue weighted by Gasteiger charge is -2.17. The van der Waals surface area contributed by atoms with Crippen molar-refractivity contribution in [2.24, 2.45) is 20.2 Å². The van der Waals surface area contributed by atoms with Gasteiger partial charge in [0.2, 0.25) is 10.7 Å². The van der Waals surface area contributed by atoms with E-state index in [2.05, 4.69) is 127 Å². The Morgan fingerprint density at radius 1 is 0.705 bits per heavy atom. The van der Waals surface area contributed by atoms with E-state index in [0.717, 1.165) is 23.0 Å². The molecule has 1 atom stereocenters. The van der Waals surface area contributed by atoms with Crippen LogP contribution in [0, 0.1) is 15.6 Å². The molecule has 0 bridgehead atoms. The Bertz CT molecular complexity index is 2080. The highest BCUT2D eigenvalue weighted by atomic mass is 32.2. The average Bonchev–Trinajstić information content (AvgIpc) is 3.90. The van der Waals surface area contributed by atoms with Gasteiger partial charge in [0.15, 0.2) is 11.0 Å². The number of hydrogen-bond donors (Lipinski definition) is 7. The van der Waals surface area contributed by atoms with Crippen molar-refractivity contribution in [1.82, 2.24) is 46.1 Å². The first-order valence-corrected chi connectivity index (χ1v) is 22.1. The molecule has 0 aromatic carbocycles. The van der Waals surface area contributed by atoms with E-state index < -0.39 is 17.0 Å². The third-order valence-electron chi connectivity index (χ3n) is 7.42. The van der Waals surface area contributed by atoms with Crippen molar-refractivity contribution >= 4 is 68.9 Å². The number of aliphatic imine (C=N–C) groups is 1. The maximum Gasteiger partial charge on any atom is 0.438 e. The molecule has 18 nitrogen and oxygen atoms in total. The third-order valence-corrected chi connectivity index (χ3v) is 9.51. The summed E-state index contributed by atoms with van der Waals surface area (Å²) in [4.78, 5) is 49.4. The van der Waals surface area contributed by atoms with Gasteiger partial charge in [-0.05, 0) is 12.2 Å². The van der Waals surface area contributed by atoms with Gasteiger partial charge >= 0.3 is 21.9 Å². The molecule has 0 spiro atoms. The zero-order chi connectivity index (χ0) is 46.7. The largest absolute Gasteiger partial charge is 0.438 e. The monoisotopic (exact) mass is 930 g/mol. The molecule has 22 heteroatoms. The maximum atomic E-state index is 10.7. The highest BCUT2D eigenvalue weighted by Crippen LogP contribution is 2.25. The molecule has 1 unspecified atom stereocenters. The standard InChI is InChI=1S/C7H12N2O.C7H12N2S.C7H11NOS.C6H11N3S.C6H10N2O2.C5H10N2O2S.CH4/c1-7(2,3)6-8-4-5(10)9-6;1-7(2,3)5-4-10-6(8)9-5;1-7(2,3)5-4-10-6(9)8-5;1-6(2,3)4-7-5(10)9-8-4;1-6(2,3)4-7-5(9)10-8-4;1-5(2,3)4-6-9-10(8)7-4;/h4H2,1-3H3,(H,8,9,10);4H,1-3H3,(H2,8,9);4H,1-3H3,(H,8,9);1-3H3,(H2,7,8,9,10);1-3H3,(H,7,8,9);1-3H3,(H,6,7);1H4. The number of rotatable bonds is 0. The first-order chi connectivity index (χ1) is 27.0. The van der Waals surface area contributed by atoms with Gasteiger partial charge in [0, 0.05) is 48.9 Å². The SMILES string of the molecule is C.CC(C)(C)C1=NCC(=O)N1.CC(C)(C)C1=NS(=O)ON1.CC(C)(C)c1csc(=O)[nH]1.CC(C)(C)c1csc(N)n1.CC(C)(C)c1nc(=S)[nH][nH]1.CC(C)(C)c1noc(=O)[nH]1. The van der Waals surface area contributed by atoms with Crippen LogP contribution in [0.1, 0.15) is 155 Å². The van der Waals surface area contributed by atoms with Gasteiger partial charge in [0.05, 0.1) is 5.69 Å². The molecule has 346 valence electrons. The summed E-state index contributed by atoms with van der Waals surface area (Å²) >= 11 is 6.00. The fourth-order valence-electron chi connectivity index (χ4n) is 3.72. The zero-order valence-electron chi connectivity index (χ0n) is 38.3. The van der Waals surface area contributed by atoms with Crippen LogP contribution in [0.5, 0.6) is 0 Å². The number of amides is 1. The fourth-order valence-corrected chi connectivity index (χ4v) is 6.11. The van der Waals surface area contributed by atoms with Crippen LogP contribution in [0.3, 0.4) is 0 Å². The number of carbonyl (C=O) groups is 1. The fraction of sp³-hybridized carbons (Fsp3) is 0.667. The number of aromatic nitrogens is 7. The van der Waals surface area contributed by atoms with Crippen molar-refractivity contribution in [3.63, 3.8) is 0 Å². The van der Waals surface area contributed by atoms with Gasteiger partial charge in [-0.15, -0.1) is 15.7 Å². The highest BCUT2D eigenvalue weighted by molar-refractivity contribution is 7.79. The molecule has 1 amide bonds. The molecule has 4 aromatic rings. The van der Waals surface area contributed by atoms with Gasteiger partial charge < -0.3 is 16.0 Å². The first kappa shape index (κ1) is 56.9. The van der Waals surface area contributed by atoms with E-state index in [1.165, 1.54) is 22.7 Å². The minimum atomic E-state index is -1.52. The Labute approximate surface area is 376 Å². The third kappa shape index (κ3) is 22.0. The van der Waals surface area contributed by atoms with Crippen LogP contribution in [0.25, 0.3) is 0 Å². The van der Waals surface area contributed by atoms with E-state index in [0.29, 0.717) is 28.1 Å². The normalized spacial score (nSPS) is 15.1. The minimum absolute atomic E-state index is 0. The number of nitrogen functional groups attached to an aromatic ring is 1. The predicted molar refractivity (Wildman–Crippen MR) is 253 cm³/mol. The zero-order valence-corrected chi connectivity index (χ0v) is 41.5. The number of nitrogens with two attached hydrogens (primary N) is 1. The van der Waals surface area contributed by atoms with Crippen molar-refractivity contribution in [2.45, 2.75) is 154 Å². The average molecular weight is 931 g/mol. The molecule has 6 heterocycles. The lowest BCUT2D eigenvalue weighted by atomic mass is 9.93. The Hall–Kier alpha value is -4.12. The second kappa shape index (κ2) is 22.8.